The van der Waals surface area contributed by atoms with Crippen LogP contribution < -0.4 is 5.63 Å². The molecule has 4 heteroatoms. The highest BCUT2D eigenvalue weighted by atomic mass is 32.1. The standard InChI is InChI=1S/C24H15NO2S/c26-24-19(13-18-16-7-3-1-5-14(16)9-11-20(18)27-24)23-25-22-17-8-4-2-6-15(17)10-12-21(22)28-23/h1-9,11,13H,10,12H2. The van der Waals surface area contributed by atoms with Crippen LogP contribution in [0.3, 0.4) is 0 Å². The minimum Gasteiger partial charge on any atom is -0.422 e. The van der Waals surface area contributed by atoms with Gasteiger partial charge < -0.3 is 4.42 Å². The molecule has 0 bridgehead atoms. The Bertz CT molecular complexity index is 1440. The van der Waals surface area contributed by atoms with Crippen LogP contribution in [-0.4, -0.2) is 4.98 Å². The zero-order chi connectivity index (χ0) is 18.7. The second kappa shape index (κ2) is 5.88. The lowest BCUT2D eigenvalue weighted by molar-refractivity contribution is 0.564. The lowest BCUT2D eigenvalue weighted by Crippen LogP contribution is -2.03. The molecule has 28 heavy (non-hydrogen) atoms. The highest BCUT2D eigenvalue weighted by Crippen LogP contribution is 2.39. The van der Waals surface area contributed by atoms with Gasteiger partial charge in [-0.2, -0.15) is 0 Å². The Hall–Kier alpha value is -3.24. The van der Waals surface area contributed by atoms with Crippen molar-refractivity contribution in [1.29, 1.82) is 0 Å². The number of aromatic nitrogens is 1. The van der Waals surface area contributed by atoms with E-state index >= 15 is 0 Å². The first-order chi connectivity index (χ1) is 13.8. The minimum atomic E-state index is -0.331. The van der Waals surface area contributed by atoms with Crippen molar-refractivity contribution in [2.45, 2.75) is 12.8 Å². The number of hydrogen-bond donors (Lipinski definition) is 0. The van der Waals surface area contributed by atoms with Gasteiger partial charge in [-0.1, -0.05) is 54.6 Å². The highest BCUT2D eigenvalue weighted by molar-refractivity contribution is 7.15. The van der Waals surface area contributed by atoms with E-state index in [1.807, 2.05) is 36.4 Å². The molecular formula is C24H15NO2S. The number of rotatable bonds is 1. The lowest BCUT2D eigenvalue weighted by Gasteiger charge is -2.13. The van der Waals surface area contributed by atoms with E-state index in [0.717, 1.165) is 39.7 Å². The Morgan fingerprint density at radius 1 is 0.857 bits per heavy atom. The third-order valence-corrected chi connectivity index (χ3v) is 6.61. The van der Waals surface area contributed by atoms with Crippen LogP contribution in [0.25, 0.3) is 43.6 Å². The van der Waals surface area contributed by atoms with Crippen molar-refractivity contribution in [2.24, 2.45) is 0 Å². The summed E-state index contributed by atoms with van der Waals surface area (Å²) < 4.78 is 5.67. The summed E-state index contributed by atoms with van der Waals surface area (Å²) in [4.78, 5) is 18.8. The predicted molar refractivity (Wildman–Crippen MR) is 114 cm³/mol. The second-order valence-corrected chi connectivity index (χ2v) is 8.18. The molecular weight excluding hydrogens is 366 g/mol. The first-order valence-electron chi connectivity index (χ1n) is 9.32. The summed E-state index contributed by atoms with van der Waals surface area (Å²) in [6.45, 7) is 0. The SMILES string of the molecule is O=c1oc2ccc3ccccc3c2cc1-c1nc2c(s1)CCc1ccccc1-2. The quantitative estimate of drug-likeness (QED) is 0.271. The maximum Gasteiger partial charge on any atom is 0.346 e. The van der Waals surface area contributed by atoms with E-state index in [-0.39, 0.29) is 5.63 Å². The first-order valence-corrected chi connectivity index (χ1v) is 10.1. The summed E-state index contributed by atoms with van der Waals surface area (Å²) in [5.74, 6) is 0. The molecule has 5 aromatic rings. The molecule has 0 atom stereocenters. The van der Waals surface area contributed by atoms with E-state index in [2.05, 4.69) is 30.3 Å². The smallest absolute Gasteiger partial charge is 0.346 e. The molecule has 2 heterocycles. The van der Waals surface area contributed by atoms with E-state index in [1.54, 1.807) is 11.3 Å². The Labute approximate surface area is 164 Å². The molecule has 3 nitrogen and oxygen atoms in total. The van der Waals surface area contributed by atoms with Crippen LogP contribution in [0, 0.1) is 0 Å². The Balaban J connectivity index is 1.60. The van der Waals surface area contributed by atoms with Crippen LogP contribution in [0.4, 0.5) is 0 Å². The monoisotopic (exact) mass is 381 g/mol. The van der Waals surface area contributed by atoms with Gasteiger partial charge >= 0.3 is 5.63 Å². The Morgan fingerprint density at radius 2 is 1.71 bits per heavy atom. The van der Waals surface area contributed by atoms with Crippen molar-refractivity contribution in [3.05, 3.63) is 87.6 Å². The number of thiazole rings is 1. The molecule has 0 radical (unpaired) electrons. The normalized spacial score (nSPS) is 12.9. The minimum absolute atomic E-state index is 0.331. The number of hydrogen-bond acceptors (Lipinski definition) is 4. The molecule has 0 saturated heterocycles. The molecule has 0 spiro atoms. The molecule has 0 saturated carbocycles. The van der Waals surface area contributed by atoms with Gasteiger partial charge in [-0.05, 0) is 41.3 Å². The number of benzene rings is 3. The van der Waals surface area contributed by atoms with Crippen molar-refractivity contribution >= 4 is 33.1 Å². The number of aryl methyl sites for hydroxylation is 2. The van der Waals surface area contributed by atoms with Gasteiger partial charge in [0.05, 0.1) is 11.3 Å². The van der Waals surface area contributed by atoms with Gasteiger partial charge in [-0.3, -0.25) is 0 Å². The number of fused-ring (bicyclic) bond motifs is 6. The van der Waals surface area contributed by atoms with Gasteiger partial charge in [-0.25, -0.2) is 9.78 Å². The molecule has 0 amide bonds. The molecule has 1 aliphatic rings. The van der Waals surface area contributed by atoms with Gasteiger partial charge in [-0.15, -0.1) is 11.3 Å². The summed E-state index contributed by atoms with van der Waals surface area (Å²) in [5.41, 5.74) is 4.34. The fourth-order valence-electron chi connectivity index (χ4n) is 4.08. The third-order valence-electron chi connectivity index (χ3n) is 5.46. The fourth-order valence-corrected chi connectivity index (χ4v) is 5.16. The van der Waals surface area contributed by atoms with Crippen LogP contribution in [0.5, 0.6) is 0 Å². The van der Waals surface area contributed by atoms with Crippen molar-refractivity contribution in [3.63, 3.8) is 0 Å². The summed E-state index contributed by atoms with van der Waals surface area (Å²) in [5, 5.41) is 3.89. The van der Waals surface area contributed by atoms with Crippen molar-refractivity contribution < 1.29 is 4.42 Å². The summed E-state index contributed by atoms with van der Waals surface area (Å²) >= 11 is 1.61. The van der Waals surface area contributed by atoms with Crippen LogP contribution >= 0.6 is 11.3 Å². The van der Waals surface area contributed by atoms with Crippen LogP contribution in [0.15, 0.2) is 75.9 Å². The average Bonchev–Trinajstić information content (AvgIpc) is 3.17. The summed E-state index contributed by atoms with van der Waals surface area (Å²) in [7, 11) is 0. The summed E-state index contributed by atoms with van der Waals surface area (Å²) in [6.07, 6.45) is 1.98. The van der Waals surface area contributed by atoms with E-state index in [0.29, 0.717) is 11.1 Å². The fraction of sp³-hybridized carbons (Fsp3) is 0.0833. The number of nitrogens with zero attached hydrogens (tertiary/aromatic N) is 1. The van der Waals surface area contributed by atoms with Gasteiger partial charge in [0, 0.05) is 15.8 Å². The zero-order valence-corrected chi connectivity index (χ0v) is 15.8. The molecule has 134 valence electrons. The Morgan fingerprint density at radius 3 is 2.68 bits per heavy atom. The molecule has 0 N–H and O–H groups in total. The van der Waals surface area contributed by atoms with Gasteiger partial charge in [0.25, 0.3) is 0 Å². The van der Waals surface area contributed by atoms with Gasteiger partial charge in [0.15, 0.2) is 0 Å². The molecule has 0 aliphatic heterocycles. The molecule has 1 aliphatic carbocycles. The van der Waals surface area contributed by atoms with Crippen molar-refractivity contribution in [1.82, 2.24) is 4.98 Å². The molecule has 0 unspecified atom stereocenters. The van der Waals surface area contributed by atoms with Gasteiger partial charge in [0.2, 0.25) is 0 Å². The van der Waals surface area contributed by atoms with E-state index < -0.39 is 0 Å². The predicted octanol–water partition coefficient (Wildman–Crippen LogP) is 5.84. The first kappa shape index (κ1) is 15.8. The van der Waals surface area contributed by atoms with E-state index in [9.17, 15) is 4.79 Å². The maximum absolute atomic E-state index is 12.7. The van der Waals surface area contributed by atoms with E-state index in [4.69, 9.17) is 9.40 Å². The van der Waals surface area contributed by atoms with Crippen LogP contribution in [-0.2, 0) is 12.8 Å². The third kappa shape index (κ3) is 2.28. The highest BCUT2D eigenvalue weighted by Gasteiger charge is 2.22. The topological polar surface area (TPSA) is 43.1 Å². The van der Waals surface area contributed by atoms with Crippen LogP contribution in [0.2, 0.25) is 0 Å². The van der Waals surface area contributed by atoms with E-state index in [1.165, 1.54) is 16.0 Å². The van der Waals surface area contributed by atoms with Gasteiger partial charge in [0.1, 0.15) is 10.6 Å². The maximum atomic E-state index is 12.7. The molecule has 6 rings (SSSR count). The van der Waals surface area contributed by atoms with Crippen molar-refractivity contribution in [3.8, 4) is 21.8 Å². The van der Waals surface area contributed by atoms with Crippen molar-refractivity contribution in [2.75, 3.05) is 0 Å². The lowest BCUT2D eigenvalue weighted by atomic mass is 9.94. The molecule has 2 aromatic heterocycles. The second-order valence-electron chi connectivity index (χ2n) is 7.09. The largest absolute Gasteiger partial charge is 0.422 e. The zero-order valence-electron chi connectivity index (χ0n) is 14.9. The van der Waals surface area contributed by atoms with Crippen LogP contribution in [0.1, 0.15) is 10.4 Å². The summed E-state index contributed by atoms with van der Waals surface area (Å²) in [6, 6.07) is 22.3. The molecule has 3 aromatic carbocycles. The Kier molecular flexibility index (Phi) is 3.31. The average molecular weight is 381 g/mol. The molecule has 0 fully saturated rings.